The highest BCUT2D eigenvalue weighted by molar-refractivity contribution is 5.84. The number of hydrogen-bond donors (Lipinski definition) is 0. The van der Waals surface area contributed by atoms with Crippen LogP contribution in [0.2, 0.25) is 0 Å². The summed E-state index contributed by atoms with van der Waals surface area (Å²) in [5.74, 6) is 0. The first-order valence-corrected chi connectivity index (χ1v) is 14.2. The van der Waals surface area contributed by atoms with Gasteiger partial charge in [0.1, 0.15) is 0 Å². The van der Waals surface area contributed by atoms with E-state index in [4.69, 9.17) is 0 Å². The van der Waals surface area contributed by atoms with Crippen LogP contribution in [0.5, 0.6) is 0 Å². The molecular weight excluding hydrogens is 460 g/mol. The fourth-order valence-electron chi connectivity index (χ4n) is 9.84. The first kappa shape index (κ1) is 23.8. The lowest BCUT2D eigenvalue weighted by atomic mass is 9.64. The molecule has 2 heteroatoms. The van der Waals surface area contributed by atoms with Crippen LogP contribution < -0.4 is 9.80 Å². The van der Waals surface area contributed by atoms with Gasteiger partial charge in [-0.25, -0.2) is 0 Å². The van der Waals surface area contributed by atoms with E-state index < -0.39 is 0 Å². The molecule has 0 spiro atoms. The molecule has 7 rings (SSSR count). The van der Waals surface area contributed by atoms with Gasteiger partial charge < -0.3 is 9.80 Å². The molecule has 194 valence electrons. The van der Waals surface area contributed by atoms with Crippen LogP contribution in [0.15, 0.2) is 83.0 Å². The quantitative estimate of drug-likeness (QED) is 0.324. The Bertz CT molecular complexity index is 1430. The van der Waals surface area contributed by atoms with Gasteiger partial charge in [-0.1, -0.05) is 36.4 Å². The van der Waals surface area contributed by atoms with Gasteiger partial charge in [0, 0.05) is 11.4 Å². The van der Waals surface area contributed by atoms with E-state index in [1.165, 1.54) is 44.8 Å². The summed E-state index contributed by atoms with van der Waals surface area (Å²) in [6.07, 6.45) is 0. The summed E-state index contributed by atoms with van der Waals surface area (Å²) in [4.78, 5) is 5.47. The van der Waals surface area contributed by atoms with Gasteiger partial charge in [0.05, 0.1) is 22.2 Å². The van der Waals surface area contributed by atoms with Crippen LogP contribution in [0.4, 0.5) is 11.4 Å². The Morgan fingerprint density at radius 3 is 0.868 bits per heavy atom. The van der Waals surface area contributed by atoms with Gasteiger partial charge in [-0.05, 0) is 149 Å². The van der Waals surface area contributed by atoms with Crippen molar-refractivity contribution in [3.05, 3.63) is 116 Å². The van der Waals surface area contributed by atoms with Crippen LogP contribution in [0.25, 0.3) is 0 Å². The number of hydrogen-bond acceptors (Lipinski definition) is 2. The second-order valence-electron chi connectivity index (χ2n) is 12.9. The highest BCUT2D eigenvalue weighted by Crippen LogP contribution is 2.71. The smallest absolute Gasteiger partial charge is 0.0857 e. The van der Waals surface area contributed by atoms with Crippen molar-refractivity contribution in [2.75, 3.05) is 9.80 Å². The number of fused-ring (bicyclic) bond motifs is 10. The summed E-state index contributed by atoms with van der Waals surface area (Å²) in [7, 11) is 0. The van der Waals surface area contributed by atoms with Crippen molar-refractivity contribution in [3.63, 3.8) is 0 Å². The molecule has 0 saturated carbocycles. The Hall–Kier alpha value is -3.26. The lowest BCUT2D eigenvalue weighted by Crippen LogP contribution is -2.45. The summed E-state index contributed by atoms with van der Waals surface area (Å²) in [5, 5.41) is 0. The molecule has 38 heavy (non-hydrogen) atoms. The van der Waals surface area contributed by atoms with E-state index in [-0.39, 0.29) is 22.2 Å². The molecule has 4 atom stereocenters. The molecule has 2 nitrogen and oxygen atoms in total. The summed E-state index contributed by atoms with van der Waals surface area (Å²) in [6, 6.07) is 22.2. The molecule has 0 N–H and O–H groups in total. The highest BCUT2D eigenvalue weighted by atomic mass is 15.3. The minimum Gasteiger partial charge on any atom is -0.345 e. The molecule has 4 aliphatic heterocycles. The normalized spacial score (nSPS) is 32.6. The summed E-state index contributed by atoms with van der Waals surface area (Å²) in [6.45, 7) is 24.3. The van der Waals surface area contributed by atoms with Crippen LogP contribution in [0.3, 0.4) is 0 Å². The second kappa shape index (κ2) is 6.84. The molecule has 0 amide bonds. The van der Waals surface area contributed by atoms with Crippen molar-refractivity contribution >= 4 is 11.4 Å². The van der Waals surface area contributed by atoms with Crippen molar-refractivity contribution in [1.82, 2.24) is 0 Å². The van der Waals surface area contributed by atoms with Gasteiger partial charge in [-0.2, -0.15) is 0 Å². The number of para-hydroxylation sites is 2. The average Bonchev–Trinajstić information content (AvgIpc) is 3.39. The van der Waals surface area contributed by atoms with Gasteiger partial charge in [0.15, 0.2) is 0 Å². The minimum absolute atomic E-state index is 0.178. The molecule has 3 aromatic rings. The highest BCUT2D eigenvalue weighted by Gasteiger charge is 2.68. The first-order valence-electron chi connectivity index (χ1n) is 14.2. The minimum atomic E-state index is -0.178. The lowest BCUT2D eigenvalue weighted by Gasteiger charge is -2.42. The van der Waals surface area contributed by atoms with Crippen molar-refractivity contribution in [1.29, 1.82) is 0 Å². The Kier molecular flexibility index (Phi) is 4.29. The average molecular weight is 501 g/mol. The molecule has 4 unspecified atom stereocenters. The van der Waals surface area contributed by atoms with E-state index >= 15 is 0 Å². The first-order chi connectivity index (χ1) is 17.9. The number of nitrogens with zero attached hydrogens (tertiary/aromatic N) is 2. The molecule has 4 aliphatic rings. The summed E-state index contributed by atoms with van der Waals surface area (Å²) < 4.78 is 0. The predicted molar refractivity (Wildman–Crippen MR) is 160 cm³/mol. The topological polar surface area (TPSA) is 6.48 Å². The zero-order valence-electron chi connectivity index (χ0n) is 24.7. The summed E-state index contributed by atoms with van der Waals surface area (Å²) >= 11 is 0. The molecular formula is C36H40N2. The maximum atomic E-state index is 2.74. The van der Waals surface area contributed by atoms with E-state index in [9.17, 15) is 0 Å². The molecule has 0 aromatic heterocycles. The molecule has 0 fully saturated rings. The Morgan fingerprint density at radius 1 is 0.395 bits per heavy atom. The van der Waals surface area contributed by atoms with Crippen molar-refractivity contribution in [3.8, 4) is 0 Å². The molecule has 0 aliphatic carbocycles. The van der Waals surface area contributed by atoms with E-state index in [0.717, 1.165) is 0 Å². The largest absolute Gasteiger partial charge is 0.345 e. The molecule has 4 bridgehead atoms. The third-order valence-corrected chi connectivity index (χ3v) is 11.8. The SMILES string of the molecule is CC1=C(C)C2(C)c3c(C)c4c(c(C)c3C1(C)N2c1ccccc1)C1(C)C(C)=C(C)C4(C)N1c1ccccc1. The van der Waals surface area contributed by atoms with Crippen LogP contribution in [0, 0.1) is 13.8 Å². The van der Waals surface area contributed by atoms with E-state index in [1.807, 2.05) is 0 Å². The fourth-order valence-corrected chi connectivity index (χ4v) is 9.84. The van der Waals surface area contributed by atoms with Gasteiger partial charge in [-0.3, -0.25) is 0 Å². The fraction of sp³-hybridized carbons (Fsp3) is 0.389. The van der Waals surface area contributed by atoms with E-state index in [1.54, 1.807) is 22.3 Å². The number of rotatable bonds is 2. The van der Waals surface area contributed by atoms with Crippen molar-refractivity contribution < 1.29 is 0 Å². The third kappa shape index (κ3) is 2.12. The molecule has 3 aromatic carbocycles. The van der Waals surface area contributed by atoms with Gasteiger partial charge in [-0.15, -0.1) is 0 Å². The van der Waals surface area contributed by atoms with E-state index in [0.29, 0.717) is 0 Å². The molecule has 0 saturated heterocycles. The Labute approximate surface area is 228 Å². The molecule has 4 heterocycles. The van der Waals surface area contributed by atoms with Crippen LogP contribution in [0.1, 0.15) is 88.8 Å². The van der Waals surface area contributed by atoms with Crippen molar-refractivity contribution in [2.45, 2.75) is 91.4 Å². The number of benzene rings is 3. The molecule has 0 radical (unpaired) electrons. The standard InChI is InChI=1S/C36H40N2/c1-21-29-31(35(9)25(5)23(3)33(29,7)37(35)27-17-13-11-14-18-27)22(2)32-30(21)34(8)24(4)26(6)36(32,10)38(34)28-19-15-12-16-20-28/h11-20H,1-10H3. The van der Waals surface area contributed by atoms with Crippen molar-refractivity contribution in [2.24, 2.45) is 0 Å². The summed E-state index contributed by atoms with van der Waals surface area (Å²) in [5.41, 5.74) is 17.0. The van der Waals surface area contributed by atoms with E-state index in [2.05, 4.69) is 140 Å². The van der Waals surface area contributed by atoms with Gasteiger partial charge >= 0.3 is 0 Å². The zero-order chi connectivity index (χ0) is 27.2. The monoisotopic (exact) mass is 500 g/mol. The predicted octanol–water partition coefficient (Wildman–Crippen LogP) is 8.90. The Morgan fingerprint density at radius 2 is 0.632 bits per heavy atom. The van der Waals surface area contributed by atoms with Gasteiger partial charge in [0.25, 0.3) is 0 Å². The van der Waals surface area contributed by atoms with Crippen LogP contribution in [-0.4, -0.2) is 0 Å². The Balaban J connectivity index is 1.60. The third-order valence-electron chi connectivity index (χ3n) is 11.8. The lowest BCUT2D eigenvalue weighted by molar-refractivity contribution is 0.481. The van der Waals surface area contributed by atoms with Crippen LogP contribution in [-0.2, 0) is 22.2 Å². The van der Waals surface area contributed by atoms with Gasteiger partial charge in [0.2, 0.25) is 0 Å². The van der Waals surface area contributed by atoms with Crippen LogP contribution >= 0.6 is 0 Å². The number of anilines is 2. The maximum absolute atomic E-state index is 2.74. The zero-order valence-corrected chi connectivity index (χ0v) is 24.7. The maximum Gasteiger partial charge on any atom is 0.0857 e. The second-order valence-corrected chi connectivity index (χ2v) is 12.9.